The molecule has 1 N–H and O–H groups in total. The van der Waals surface area contributed by atoms with Crippen molar-refractivity contribution in [2.24, 2.45) is 5.92 Å². The molecule has 1 spiro atoms. The standard InChI is InChI=1S/C17H33NO2/c1-3-5-16(18-4-2)7-6-15-8-11-20-17(14-15)9-12-19-13-10-17/h15-16,18H,3-14H2,1-2H3. The lowest BCUT2D eigenvalue weighted by atomic mass is 9.78. The maximum Gasteiger partial charge on any atom is 0.0729 e. The maximum absolute atomic E-state index is 6.14. The molecule has 0 amide bonds. The predicted molar refractivity (Wildman–Crippen MR) is 83.1 cm³/mol. The molecule has 0 aliphatic carbocycles. The van der Waals surface area contributed by atoms with E-state index in [1.165, 1.54) is 38.5 Å². The summed E-state index contributed by atoms with van der Waals surface area (Å²) in [6, 6.07) is 0.721. The van der Waals surface area contributed by atoms with Crippen molar-refractivity contribution >= 4 is 0 Å². The van der Waals surface area contributed by atoms with Crippen molar-refractivity contribution in [3.63, 3.8) is 0 Å². The minimum atomic E-state index is 0.166. The molecule has 2 aliphatic heterocycles. The van der Waals surface area contributed by atoms with Crippen molar-refractivity contribution in [2.45, 2.75) is 76.9 Å². The number of rotatable bonds is 7. The number of ether oxygens (including phenoxy) is 2. The van der Waals surface area contributed by atoms with Crippen molar-refractivity contribution in [3.05, 3.63) is 0 Å². The Morgan fingerprint density at radius 3 is 2.65 bits per heavy atom. The highest BCUT2D eigenvalue weighted by Gasteiger charge is 2.38. The molecule has 0 aromatic carbocycles. The summed E-state index contributed by atoms with van der Waals surface area (Å²) in [6.07, 6.45) is 10.0. The van der Waals surface area contributed by atoms with Gasteiger partial charge in [-0.3, -0.25) is 0 Å². The zero-order valence-corrected chi connectivity index (χ0v) is 13.5. The highest BCUT2D eigenvalue weighted by Crippen LogP contribution is 2.38. The second-order valence-electron chi connectivity index (χ2n) is 6.62. The Labute approximate surface area is 124 Å². The van der Waals surface area contributed by atoms with Crippen molar-refractivity contribution in [3.8, 4) is 0 Å². The van der Waals surface area contributed by atoms with Crippen LogP contribution in [0, 0.1) is 5.92 Å². The van der Waals surface area contributed by atoms with Crippen molar-refractivity contribution in [1.29, 1.82) is 0 Å². The Morgan fingerprint density at radius 2 is 1.95 bits per heavy atom. The fourth-order valence-electron chi connectivity index (χ4n) is 3.89. The van der Waals surface area contributed by atoms with E-state index in [2.05, 4.69) is 19.2 Å². The first-order valence-electron chi connectivity index (χ1n) is 8.73. The normalized spacial score (nSPS) is 27.6. The van der Waals surface area contributed by atoms with Gasteiger partial charge in [0, 0.05) is 25.9 Å². The third kappa shape index (κ3) is 4.71. The summed E-state index contributed by atoms with van der Waals surface area (Å²) in [5.41, 5.74) is 0.166. The van der Waals surface area contributed by atoms with Gasteiger partial charge in [-0.25, -0.2) is 0 Å². The summed E-state index contributed by atoms with van der Waals surface area (Å²) < 4.78 is 11.6. The lowest BCUT2D eigenvalue weighted by Gasteiger charge is -2.43. The molecule has 3 heteroatoms. The van der Waals surface area contributed by atoms with Crippen LogP contribution < -0.4 is 5.32 Å². The van der Waals surface area contributed by atoms with E-state index in [1.807, 2.05) is 0 Å². The lowest BCUT2D eigenvalue weighted by Crippen LogP contribution is -2.44. The summed E-state index contributed by atoms with van der Waals surface area (Å²) >= 11 is 0. The van der Waals surface area contributed by atoms with Crippen LogP contribution in [-0.2, 0) is 9.47 Å². The van der Waals surface area contributed by atoms with Crippen LogP contribution in [0.2, 0.25) is 0 Å². The molecule has 20 heavy (non-hydrogen) atoms. The summed E-state index contributed by atoms with van der Waals surface area (Å²) in [5, 5.41) is 3.64. The summed E-state index contributed by atoms with van der Waals surface area (Å²) in [6.45, 7) is 8.35. The average Bonchev–Trinajstić information content (AvgIpc) is 2.46. The first-order chi connectivity index (χ1) is 9.78. The zero-order valence-electron chi connectivity index (χ0n) is 13.5. The molecule has 2 atom stereocenters. The van der Waals surface area contributed by atoms with Gasteiger partial charge in [-0.15, -0.1) is 0 Å². The first-order valence-corrected chi connectivity index (χ1v) is 8.73. The molecule has 0 aromatic rings. The molecule has 118 valence electrons. The Bertz CT molecular complexity index is 252. The van der Waals surface area contributed by atoms with Gasteiger partial charge < -0.3 is 14.8 Å². The zero-order chi connectivity index (χ0) is 14.3. The SMILES string of the molecule is CCCC(CCC1CCOC2(CCOCC2)C1)NCC. The van der Waals surface area contributed by atoms with Crippen molar-refractivity contribution in [2.75, 3.05) is 26.4 Å². The molecule has 0 bridgehead atoms. The van der Waals surface area contributed by atoms with Crippen molar-refractivity contribution < 1.29 is 9.47 Å². The largest absolute Gasteiger partial charge is 0.381 e. The number of hydrogen-bond donors (Lipinski definition) is 1. The maximum atomic E-state index is 6.14. The second kappa shape index (κ2) is 8.35. The van der Waals surface area contributed by atoms with Crippen LogP contribution >= 0.6 is 0 Å². The fourth-order valence-corrected chi connectivity index (χ4v) is 3.89. The van der Waals surface area contributed by atoms with Gasteiger partial charge in [0.1, 0.15) is 0 Å². The lowest BCUT2D eigenvalue weighted by molar-refractivity contribution is -0.147. The van der Waals surface area contributed by atoms with E-state index in [1.54, 1.807) is 0 Å². The molecule has 0 aromatic heterocycles. The topological polar surface area (TPSA) is 30.5 Å². The van der Waals surface area contributed by atoms with Gasteiger partial charge in [0.05, 0.1) is 5.60 Å². The minimum absolute atomic E-state index is 0.166. The van der Waals surface area contributed by atoms with Crippen LogP contribution in [0.3, 0.4) is 0 Å². The molecule has 2 aliphatic rings. The monoisotopic (exact) mass is 283 g/mol. The van der Waals surface area contributed by atoms with Crippen molar-refractivity contribution in [1.82, 2.24) is 5.32 Å². The number of hydrogen-bond acceptors (Lipinski definition) is 3. The van der Waals surface area contributed by atoms with Gasteiger partial charge in [0.15, 0.2) is 0 Å². The molecule has 2 heterocycles. The smallest absolute Gasteiger partial charge is 0.0729 e. The molecule has 0 radical (unpaired) electrons. The molecule has 2 unspecified atom stereocenters. The minimum Gasteiger partial charge on any atom is -0.381 e. The predicted octanol–water partition coefficient (Wildman–Crippen LogP) is 3.52. The average molecular weight is 283 g/mol. The van der Waals surface area contributed by atoms with Gasteiger partial charge in [0.25, 0.3) is 0 Å². The van der Waals surface area contributed by atoms with Crippen LogP contribution in [0.4, 0.5) is 0 Å². The molecule has 0 saturated carbocycles. The molecule has 3 nitrogen and oxygen atoms in total. The molecule has 2 rings (SSSR count). The van der Waals surface area contributed by atoms with E-state index in [-0.39, 0.29) is 5.60 Å². The molecule has 2 saturated heterocycles. The van der Waals surface area contributed by atoms with E-state index in [0.29, 0.717) is 0 Å². The first kappa shape index (κ1) is 16.3. The second-order valence-corrected chi connectivity index (χ2v) is 6.62. The van der Waals surface area contributed by atoms with Crippen LogP contribution in [-0.4, -0.2) is 38.0 Å². The summed E-state index contributed by atoms with van der Waals surface area (Å²) in [4.78, 5) is 0. The van der Waals surface area contributed by atoms with Gasteiger partial charge in [-0.05, 0) is 57.4 Å². The van der Waals surface area contributed by atoms with E-state index in [4.69, 9.17) is 9.47 Å². The summed E-state index contributed by atoms with van der Waals surface area (Å²) in [7, 11) is 0. The Balaban J connectivity index is 1.77. The van der Waals surface area contributed by atoms with E-state index in [9.17, 15) is 0 Å². The quantitative estimate of drug-likeness (QED) is 0.775. The Kier molecular flexibility index (Phi) is 6.79. The number of nitrogens with one attached hydrogen (secondary N) is 1. The third-order valence-corrected chi connectivity index (χ3v) is 5.05. The van der Waals surface area contributed by atoms with Gasteiger partial charge in [0.2, 0.25) is 0 Å². The fraction of sp³-hybridized carbons (Fsp3) is 1.00. The Morgan fingerprint density at radius 1 is 1.15 bits per heavy atom. The molecular formula is C17H33NO2. The van der Waals surface area contributed by atoms with E-state index in [0.717, 1.165) is 51.2 Å². The molecule has 2 fully saturated rings. The highest BCUT2D eigenvalue weighted by molar-refractivity contribution is 4.89. The highest BCUT2D eigenvalue weighted by atomic mass is 16.5. The van der Waals surface area contributed by atoms with Gasteiger partial charge >= 0.3 is 0 Å². The Hall–Kier alpha value is -0.120. The van der Waals surface area contributed by atoms with E-state index < -0.39 is 0 Å². The van der Waals surface area contributed by atoms with Crippen LogP contribution in [0.5, 0.6) is 0 Å². The van der Waals surface area contributed by atoms with Crippen LogP contribution in [0.1, 0.15) is 65.2 Å². The third-order valence-electron chi connectivity index (χ3n) is 5.05. The van der Waals surface area contributed by atoms with Crippen LogP contribution in [0.25, 0.3) is 0 Å². The van der Waals surface area contributed by atoms with E-state index >= 15 is 0 Å². The molecular weight excluding hydrogens is 250 g/mol. The van der Waals surface area contributed by atoms with Gasteiger partial charge in [-0.2, -0.15) is 0 Å². The summed E-state index contributed by atoms with van der Waals surface area (Å²) in [5.74, 6) is 0.861. The van der Waals surface area contributed by atoms with Crippen LogP contribution in [0.15, 0.2) is 0 Å². The van der Waals surface area contributed by atoms with Gasteiger partial charge in [-0.1, -0.05) is 20.3 Å².